The number of nitrogens with one attached hydrogen (secondary N) is 1. The summed E-state index contributed by atoms with van der Waals surface area (Å²) in [4.78, 5) is 12.4. The Hall–Kier alpha value is -3.08. The van der Waals surface area contributed by atoms with Gasteiger partial charge in [0.05, 0.1) is 12.8 Å². The highest BCUT2D eigenvalue weighted by Gasteiger charge is 2.11. The van der Waals surface area contributed by atoms with Gasteiger partial charge >= 0.3 is 0 Å². The van der Waals surface area contributed by atoms with Gasteiger partial charge in [0.15, 0.2) is 0 Å². The van der Waals surface area contributed by atoms with Crippen molar-refractivity contribution in [1.82, 2.24) is 10.5 Å². The number of aromatic nitrogens is 1. The molecule has 5 heteroatoms. The summed E-state index contributed by atoms with van der Waals surface area (Å²) in [6.07, 6.45) is 0.630. The van der Waals surface area contributed by atoms with Crippen LogP contribution in [-0.2, 0) is 6.42 Å². The lowest BCUT2D eigenvalue weighted by molar-refractivity contribution is 0.0954. The van der Waals surface area contributed by atoms with Gasteiger partial charge in [0.1, 0.15) is 11.5 Å². The van der Waals surface area contributed by atoms with E-state index in [1.54, 1.807) is 13.2 Å². The minimum absolute atomic E-state index is 0.125. The fourth-order valence-electron chi connectivity index (χ4n) is 2.63. The molecule has 0 bridgehead atoms. The van der Waals surface area contributed by atoms with E-state index in [0.29, 0.717) is 18.5 Å². The van der Waals surface area contributed by atoms with E-state index >= 15 is 0 Å². The SMILES string of the molecule is COc1ccc(C(=O)NCCc2cc(C)on2)cc1-c1ccccc1. The van der Waals surface area contributed by atoms with E-state index in [4.69, 9.17) is 9.26 Å². The number of methoxy groups -OCH3 is 1. The molecule has 0 aliphatic carbocycles. The lowest BCUT2D eigenvalue weighted by Crippen LogP contribution is -2.25. The minimum Gasteiger partial charge on any atom is -0.496 e. The maximum atomic E-state index is 12.4. The van der Waals surface area contributed by atoms with Gasteiger partial charge < -0.3 is 14.6 Å². The van der Waals surface area contributed by atoms with Crippen LogP contribution in [0.3, 0.4) is 0 Å². The van der Waals surface area contributed by atoms with Crippen LogP contribution in [0.1, 0.15) is 21.8 Å². The van der Waals surface area contributed by atoms with Crippen LogP contribution in [0.2, 0.25) is 0 Å². The number of nitrogens with zero attached hydrogens (tertiary/aromatic N) is 1. The van der Waals surface area contributed by atoms with Gasteiger partial charge in [0.2, 0.25) is 0 Å². The molecule has 1 amide bonds. The fraction of sp³-hybridized carbons (Fsp3) is 0.200. The molecule has 0 atom stereocenters. The number of hydrogen-bond acceptors (Lipinski definition) is 4. The molecule has 1 heterocycles. The Kier molecular flexibility index (Phi) is 5.14. The van der Waals surface area contributed by atoms with Crippen molar-refractivity contribution in [3.8, 4) is 16.9 Å². The molecule has 25 heavy (non-hydrogen) atoms. The predicted octanol–water partition coefficient (Wildman–Crippen LogP) is 3.63. The van der Waals surface area contributed by atoms with E-state index in [-0.39, 0.29) is 5.91 Å². The Bertz CT molecular complexity index is 856. The molecule has 0 fully saturated rings. The topological polar surface area (TPSA) is 64.4 Å². The molecule has 3 rings (SSSR count). The number of rotatable bonds is 6. The quantitative estimate of drug-likeness (QED) is 0.746. The van der Waals surface area contributed by atoms with Crippen molar-refractivity contribution in [2.24, 2.45) is 0 Å². The number of carbonyl (C=O) groups excluding carboxylic acids is 1. The molecular weight excluding hydrogens is 316 g/mol. The van der Waals surface area contributed by atoms with Crippen LogP contribution in [-0.4, -0.2) is 24.7 Å². The smallest absolute Gasteiger partial charge is 0.251 e. The first-order valence-electron chi connectivity index (χ1n) is 8.11. The van der Waals surface area contributed by atoms with Crippen molar-refractivity contribution >= 4 is 5.91 Å². The molecule has 0 saturated carbocycles. The monoisotopic (exact) mass is 336 g/mol. The molecule has 1 aromatic heterocycles. The van der Waals surface area contributed by atoms with Crippen LogP contribution < -0.4 is 10.1 Å². The molecule has 0 spiro atoms. The molecule has 128 valence electrons. The van der Waals surface area contributed by atoms with Gasteiger partial charge in [-0.15, -0.1) is 0 Å². The second kappa shape index (κ2) is 7.66. The summed E-state index contributed by atoms with van der Waals surface area (Å²) in [7, 11) is 1.63. The summed E-state index contributed by atoms with van der Waals surface area (Å²) in [6.45, 7) is 2.34. The van der Waals surface area contributed by atoms with Crippen molar-refractivity contribution < 1.29 is 14.1 Å². The van der Waals surface area contributed by atoms with E-state index in [1.165, 1.54) is 0 Å². The zero-order valence-electron chi connectivity index (χ0n) is 14.3. The average Bonchev–Trinajstić information content (AvgIpc) is 3.07. The summed E-state index contributed by atoms with van der Waals surface area (Å²) in [6, 6.07) is 17.2. The second-order valence-electron chi connectivity index (χ2n) is 5.72. The predicted molar refractivity (Wildman–Crippen MR) is 95.7 cm³/mol. The van der Waals surface area contributed by atoms with Crippen LogP contribution >= 0.6 is 0 Å². The average molecular weight is 336 g/mol. The van der Waals surface area contributed by atoms with Gasteiger partial charge in [-0.05, 0) is 30.7 Å². The van der Waals surface area contributed by atoms with Crippen LogP contribution in [0.5, 0.6) is 5.75 Å². The highest BCUT2D eigenvalue weighted by molar-refractivity contribution is 5.96. The molecule has 0 saturated heterocycles. The van der Waals surface area contributed by atoms with E-state index < -0.39 is 0 Å². The molecule has 2 aromatic carbocycles. The number of carbonyl (C=O) groups is 1. The molecule has 1 N–H and O–H groups in total. The minimum atomic E-state index is -0.125. The van der Waals surface area contributed by atoms with Gasteiger partial charge in [0.25, 0.3) is 5.91 Å². The van der Waals surface area contributed by atoms with Gasteiger partial charge in [-0.25, -0.2) is 0 Å². The zero-order valence-corrected chi connectivity index (χ0v) is 14.3. The summed E-state index contributed by atoms with van der Waals surface area (Å²) >= 11 is 0. The third kappa shape index (κ3) is 4.07. The van der Waals surface area contributed by atoms with Crippen LogP contribution in [0, 0.1) is 6.92 Å². The summed E-state index contributed by atoms with van der Waals surface area (Å²) in [5.41, 5.74) is 3.32. The number of benzene rings is 2. The van der Waals surface area contributed by atoms with Crippen LogP contribution in [0.15, 0.2) is 59.1 Å². The molecule has 0 radical (unpaired) electrons. The highest BCUT2D eigenvalue weighted by Crippen LogP contribution is 2.30. The Morgan fingerprint density at radius 1 is 1.16 bits per heavy atom. The maximum absolute atomic E-state index is 12.4. The van der Waals surface area contributed by atoms with Gasteiger partial charge in [-0.2, -0.15) is 0 Å². The van der Waals surface area contributed by atoms with E-state index in [0.717, 1.165) is 28.3 Å². The Balaban J connectivity index is 1.72. The van der Waals surface area contributed by atoms with Crippen LogP contribution in [0.4, 0.5) is 0 Å². The molecule has 5 nitrogen and oxygen atoms in total. The van der Waals surface area contributed by atoms with Crippen molar-refractivity contribution in [1.29, 1.82) is 0 Å². The number of aryl methyl sites for hydroxylation is 1. The summed E-state index contributed by atoms with van der Waals surface area (Å²) < 4.78 is 10.4. The first kappa shape index (κ1) is 16.8. The fourth-order valence-corrected chi connectivity index (χ4v) is 2.63. The third-order valence-corrected chi connectivity index (χ3v) is 3.89. The normalized spacial score (nSPS) is 10.5. The summed E-state index contributed by atoms with van der Waals surface area (Å²) in [5, 5.41) is 6.83. The Labute approximate surface area is 146 Å². The lowest BCUT2D eigenvalue weighted by atomic mass is 10.0. The molecule has 0 aliphatic rings. The molecule has 3 aromatic rings. The standard InChI is InChI=1S/C20H20N2O3/c1-14-12-17(22-25-14)10-11-21-20(23)16-8-9-19(24-2)18(13-16)15-6-4-3-5-7-15/h3-9,12-13H,10-11H2,1-2H3,(H,21,23). The molecular formula is C20H20N2O3. The van der Waals surface area contributed by atoms with Crippen molar-refractivity contribution in [3.05, 3.63) is 71.6 Å². The van der Waals surface area contributed by atoms with Gasteiger partial charge in [0, 0.05) is 30.2 Å². The van der Waals surface area contributed by atoms with E-state index in [2.05, 4.69) is 10.5 Å². The number of hydrogen-bond donors (Lipinski definition) is 1. The van der Waals surface area contributed by atoms with E-state index in [9.17, 15) is 4.79 Å². The summed E-state index contributed by atoms with van der Waals surface area (Å²) in [5.74, 6) is 1.38. The lowest BCUT2D eigenvalue weighted by Gasteiger charge is -2.11. The van der Waals surface area contributed by atoms with Crippen molar-refractivity contribution in [2.75, 3.05) is 13.7 Å². The first-order valence-corrected chi connectivity index (χ1v) is 8.11. The maximum Gasteiger partial charge on any atom is 0.251 e. The van der Waals surface area contributed by atoms with Gasteiger partial charge in [-0.1, -0.05) is 35.5 Å². The molecule has 0 unspecified atom stereocenters. The third-order valence-electron chi connectivity index (χ3n) is 3.89. The molecule has 0 aliphatic heterocycles. The Morgan fingerprint density at radius 2 is 1.96 bits per heavy atom. The van der Waals surface area contributed by atoms with Gasteiger partial charge in [-0.3, -0.25) is 4.79 Å². The Morgan fingerprint density at radius 3 is 2.64 bits per heavy atom. The van der Waals surface area contributed by atoms with Crippen LogP contribution in [0.25, 0.3) is 11.1 Å². The van der Waals surface area contributed by atoms with Crippen molar-refractivity contribution in [3.63, 3.8) is 0 Å². The first-order chi connectivity index (χ1) is 12.2. The number of ether oxygens (including phenoxy) is 1. The highest BCUT2D eigenvalue weighted by atomic mass is 16.5. The zero-order chi connectivity index (χ0) is 17.6. The largest absolute Gasteiger partial charge is 0.496 e. The number of amides is 1. The van der Waals surface area contributed by atoms with Crippen molar-refractivity contribution in [2.45, 2.75) is 13.3 Å². The van der Waals surface area contributed by atoms with E-state index in [1.807, 2.05) is 55.5 Å². The second-order valence-corrected chi connectivity index (χ2v) is 5.72.